The number of fused-ring (bicyclic) bond motifs is 1. The number of aryl methyl sites for hydroxylation is 2. The lowest BCUT2D eigenvalue weighted by atomic mass is 9.89. The smallest absolute Gasteiger partial charge is 0.257 e. The van der Waals surface area contributed by atoms with Crippen LogP contribution >= 0.6 is 0 Å². The maximum Gasteiger partial charge on any atom is 0.257 e. The summed E-state index contributed by atoms with van der Waals surface area (Å²) >= 11 is 0. The molecule has 130 valence electrons. The normalized spacial score (nSPS) is 21.0. The molecule has 7 nitrogen and oxygen atoms in total. The maximum atomic E-state index is 13.0. The Hall–Kier alpha value is -2.67. The van der Waals surface area contributed by atoms with Crippen molar-refractivity contribution in [3.63, 3.8) is 0 Å². The summed E-state index contributed by atoms with van der Waals surface area (Å²) in [6, 6.07) is 3.93. The zero-order valence-electron chi connectivity index (χ0n) is 14.2. The van der Waals surface area contributed by atoms with Crippen LogP contribution in [0.5, 0.6) is 0 Å². The minimum atomic E-state index is -1.17. The van der Waals surface area contributed by atoms with Crippen molar-refractivity contribution in [1.29, 1.82) is 0 Å². The number of aliphatic hydroxyl groups is 1. The summed E-state index contributed by atoms with van der Waals surface area (Å²) in [4.78, 5) is 14.7. The van der Waals surface area contributed by atoms with E-state index >= 15 is 0 Å². The zero-order valence-corrected chi connectivity index (χ0v) is 14.2. The number of nitrogens with one attached hydrogen (secondary N) is 1. The van der Waals surface area contributed by atoms with Gasteiger partial charge in [-0.25, -0.2) is 0 Å². The van der Waals surface area contributed by atoms with E-state index in [0.29, 0.717) is 36.2 Å². The molecule has 0 bridgehead atoms. The number of carbonyl (C=O) groups excluding carboxylic acids is 1. The summed E-state index contributed by atoms with van der Waals surface area (Å²) < 4.78 is 5.58. The minimum Gasteiger partial charge on any atom is -0.463 e. The molecule has 1 aliphatic rings. The lowest BCUT2D eigenvalue weighted by Gasteiger charge is -2.37. The van der Waals surface area contributed by atoms with Gasteiger partial charge in [0.25, 0.3) is 5.91 Å². The molecule has 7 heteroatoms. The van der Waals surface area contributed by atoms with Crippen molar-refractivity contribution < 1.29 is 14.3 Å². The van der Waals surface area contributed by atoms with Gasteiger partial charge < -0.3 is 14.4 Å². The van der Waals surface area contributed by atoms with E-state index in [-0.39, 0.29) is 12.5 Å². The van der Waals surface area contributed by atoms with E-state index in [4.69, 9.17) is 4.42 Å². The first-order valence-electron chi connectivity index (χ1n) is 8.34. The topological polar surface area (TPSA) is 95.3 Å². The molecule has 1 aromatic carbocycles. The van der Waals surface area contributed by atoms with E-state index < -0.39 is 5.60 Å². The Morgan fingerprint density at radius 2 is 2.16 bits per heavy atom. The Morgan fingerprint density at radius 3 is 2.92 bits per heavy atom. The highest BCUT2D eigenvalue weighted by atomic mass is 16.3. The molecule has 4 rings (SSSR count). The fourth-order valence-electron chi connectivity index (χ4n) is 3.46. The number of H-pyrrole nitrogens is 1. The van der Waals surface area contributed by atoms with Crippen LogP contribution in [0.15, 0.2) is 29.0 Å². The number of aromatic amines is 1. The predicted octanol–water partition coefficient (Wildman–Crippen LogP) is 2.29. The van der Waals surface area contributed by atoms with Crippen LogP contribution in [0, 0.1) is 13.8 Å². The van der Waals surface area contributed by atoms with Gasteiger partial charge in [-0.1, -0.05) is 0 Å². The molecule has 2 aromatic heterocycles. The highest BCUT2D eigenvalue weighted by molar-refractivity contribution is 6.06. The molecule has 0 aliphatic carbocycles. The van der Waals surface area contributed by atoms with Crippen molar-refractivity contribution in [3.05, 3.63) is 47.0 Å². The summed E-state index contributed by atoms with van der Waals surface area (Å²) in [7, 11) is 0. The van der Waals surface area contributed by atoms with Gasteiger partial charge in [0, 0.05) is 11.9 Å². The summed E-state index contributed by atoms with van der Waals surface area (Å²) in [5.41, 5.74) is 2.76. The molecule has 0 spiro atoms. The van der Waals surface area contributed by atoms with Gasteiger partial charge in [0.1, 0.15) is 23.1 Å². The average molecular weight is 340 g/mol. The molecular formula is C18H20N4O3. The first kappa shape index (κ1) is 15.8. The van der Waals surface area contributed by atoms with Crippen LogP contribution in [0.2, 0.25) is 0 Å². The predicted molar refractivity (Wildman–Crippen MR) is 91.1 cm³/mol. The quantitative estimate of drug-likeness (QED) is 0.746. The molecule has 1 fully saturated rings. The number of β-amino-alcohol motifs (C(OH)–C–C–N with tert-alkyl or cyclic N) is 1. The van der Waals surface area contributed by atoms with Gasteiger partial charge in [0.2, 0.25) is 0 Å². The summed E-state index contributed by atoms with van der Waals surface area (Å²) in [6.45, 7) is 4.81. The molecule has 1 atom stereocenters. The maximum absolute atomic E-state index is 13.0. The van der Waals surface area contributed by atoms with Gasteiger partial charge in [-0.2, -0.15) is 15.4 Å². The Morgan fingerprint density at radius 1 is 1.36 bits per heavy atom. The third kappa shape index (κ3) is 2.60. The molecular weight excluding hydrogens is 320 g/mol. The summed E-state index contributed by atoms with van der Waals surface area (Å²) in [6.07, 6.45) is 4.26. The Kier molecular flexibility index (Phi) is 3.61. The molecule has 0 saturated carbocycles. The Bertz CT molecular complexity index is 931. The van der Waals surface area contributed by atoms with E-state index in [2.05, 4.69) is 15.4 Å². The summed E-state index contributed by atoms with van der Waals surface area (Å²) in [5, 5.41) is 22.0. The van der Waals surface area contributed by atoms with E-state index in [0.717, 1.165) is 16.5 Å². The molecule has 0 radical (unpaired) electrons. The molecule has 1 aliphatic heterocycles. The minimum absolute atomic E-state index is 0.136. The van der Waals surface area contributed by atoms with Gasteiger partial charge >= 0.3 is 0 Å². The number of rotatable bonds is 2. The Balaban J connectivity index is 1.66. The third-order valence-electron chi connectivity index (χ3n) is 5.07. The second-order valence-corrected chi connectivity index (χ2v) is 6.80. The number of hydrogen-bond acceptors (Lipinski definition) is 5. The van der Waals surface area contributed by atoms with Gasteiger partial charge in [0.15, 0.2) is 0 Å². The second kappa shape index (κ2) is 5.70. The molecule has 1 saturated heterocycles. The number of aromatic nitrogens is 3. The number of furan rings is 1. The number of amides is 1. The first-order valence-corrected chi connectivity index (χ1v) is 8.34. The fourth-order valence-corrected chi connectivity index (χ4v) is 3.46. The third-order valence-corrected chi connectivity index (χ3v) is 5.07. The summed E-state index contributed by atoms with van der Waals surface area (Å²) in [5.74, 6) is -0.136. The van der Waals surface area contributed by atoms with Crippen molar-refractivity contribution in [2.75, 3.05) is 13.1 Å². The van der Waals surface area contributed by atoms with Crippen LogP contribution in [0.3, 0.4) is 0 Å². The number of nitrogens with zero attached hydrogens (tertiary/aromatic N) is 3. The molecule has 1 unspecified atom stereocenters. The van der Waals surface area contributed by atoms with Crippen LogP contribution < -0.4 is 0 Å². The fraction of sp³-hybridized carbons (Fsp3) is 0.389. The number of carbonyl (C=O) groups is 1. The van der Waals surface area contributed by atoms with Crippen LogP contribution in [0.1, 0.15) is 40.0 Å². The zero-order chi connectivity index (χ0) is 17.6. The lowest BCUT2D eigenvalue weighted by molar-refractivity contribution is -0.0320. The van der Waals surface area contributed by atoms with E-state index in [1.165, 1.54) is 12.5 Å². The molecule has 3 heterocycles. The van der Waals surface area contributed by atoms with Gasteiger partial charge in [-0.3, -0.25) is 4.79 Å². The van der Waals surface area contributed by atoms with Gasteiger partial charge in [-0.05, 0) is 49.9 Å². The molecule has 2 N–H and O–H groups in total. The largest absolute Gasteiger partial charge is 0.463 e. The highest BCUT2D eigenvalue weighted by Gasteiger charge is 2.39. The second-order valence-electron chi connectivity index (χ2n) is 6.80. The monoisotopic (exact) mass is 340 g/mol. The average Bonchev–Trinajstić information content (AvgIpc) is 3.25. The number of hydrogen-bond donors (Lipinski definition) is 2. The van der Waals surface area contributed by atoms with Crippen LogP contribution in [0.4, 0.5) is 0 Å². The van der Waals surface area contributed by atoms with Crippen molar-refractivity contribution in [3.8, 4) is 0 Å². The Labute approximate surface area is 144 Å². The first-order chi connectivity index (χ1) is 12.0. The van der Waals surface area contributed by atoms with Gasteiger partial charge in [0.05, 0.1) is 18.3 Å². The highest BCUT2D eigenvalue weighted by Crippen LogP contribution is 2.32. The van der Waals surface area contributed by atoms with Crippen molar-refractivity contribution in [2.45, 2.75) is 32.3 Å². The van der Waals surface area contributed by atoms with Crippen LogP contribution in [-0.2, 0) is 5.60 Å². The van der Waals surface area contributed by atoms with Crippen molar-refractivity contribution in [2.24, 2.45) is 0 Å². The molecule has 25 heavy (non-hydrogen) atoms. The van der Waals surface area contributed by atoms with Gasteiger partial charge in [-0.15, -0.1) is 0 Å². The van der Waals surface area contributed by atoms with Crippen molar-refractivity contribution in [1.82, 2.24) is 20.3 Å². The van der Waals surface area contributed by atoms with E-state index in [1.807, 2.05) is 26.0 Å². The van der Waals surface area contributed by atoms with E-state index in [1.54, 1.807) is 4.90 Å². The number of piperidine rings is 1. The number of likely N-dealkylation sites (tertiary alicyclic amines) is 1. The molecule has 3 aromatic rings. The van der Waals surface area contributed by atoms with E-state index in [9.17, 15) is 9.90 Å². The van der Waals surface area contributed by atoms with Crippen LogP contribution in [0.25, 0.3) is 11.0 Å². The van der Waals surface area contributed by atoms with Crippen LogP contribution in [-0.4, -0.2) is 44.4 Å². The van der Waals surface area contributed by atoms with Crippen molar-refractivity contribution >= 4 is 16.9 Å². The molecule has 1 amide bonds. The number of benzene rings is 1. The SMILES string of the molecule is Cc1cc2occ(C(=O)N3CCCC(O)(c4cn[nH]n4)C3)c2cc1C. The lowest BCUT2D eigenvalue weighted by Crippen LogP contribution is -2.48. The standard InChI is InChI=1S/C18H20N4O3/c1-11-6-13-14(9-25-15(13)7-12(11)2)17(23)22-5-3-4-18(24,10-22)16-8-19-21-20-16/h6-9,24H,3-5,10H2,1-2H3,(H,19,20,21).